The van der Waals surface area contributed by atoms with Crippen LogP contribution < -0.4 is 5.32 Å². The molecule has 0 amide bonds. The second kappa shape index (κ2) is 7.93. The Hall–Kier alpha value is -3.57. The number of imidazole rings is 1. The zero-order valence-electron chi connectivity index (χ0n) is 16.9. The minimum absolute atomic E-state index is 0.205. The molecule has 0 radical (unpaired) electrons. The van der Waals surface area contributed by atoms with Crippen molar-refractivity contribution in [2.75, 3.05) is 5.32 Å². The number of carbonyl (C=O) groups is 1. The Morgan fingerprint density at radius 1 is 1.06 bits per heavy atom. The first kappa shape index (κ1) is 19.4. The fraction of sp³-hybridized carbons (Fsp3) is 0.120. The maximum atomic E-state index is 13.3. The highest BCUT2D eigenvalue weighted by atomic mass is 35.5. The standard InChI is InChI=1S/C25H20ClN3O2/c1-16-22(24(30)31-15-17-8-3-2-4-9-17)23(18-10-7-11-19(26)14-18)29-21-13-6-5-12-20(21)28-25(29)27-16/h2-14,23H,15H2,1H3,(H,27,28)/t23-/m0/s1. The topological polar surface area (TPSA) is 56.2 Å². The van der Waals surface area contributed by atoms with Gasteiger partial charge >= 0.3 is 5.97 Å². The maximum Gasteiger partial charge on any atom is 0.338 e. The van der Waals surface area contributed by atoms with Gasteiger partial charge in [0.15, 0.2) is 0 Å². The van der Waals surface area contributed by atoms with Crippen molar-refractivity contribution in [1.29, 1.82) is 0 Å². The molecule has 6 heteroatoms. The van der Waals surface area contributed by atoms with Gasteiger partial charge in [0.25, 0.3) is 0 Å². The molecule has 0 unspecified atom stereocenters. The van der Waals surface area contributed by atoms with E-state index in [9.17, 15) is 4.79 Å². The summed E-state index contributed by atoms with van der Waals surface area (Å²) >= 11 is 6.32. The molecule has 1 aliphatic rings. The van der Waals surface area contributed by atoms with Crippen LogP contribution in [-0.2, 0) is 16.1 Å². The van der Waals surface area contributed by atoms with Crippen LogP contribution in [0.1, 0.15) is 24.1 Å². The molecule has 0 saturated carbocycles. The number of aromatic nitrogens is 2. The Kier molecular flexibility index (Phi) is 4.96. The van der Waals surface area contributed by atoms with E-state index in [0.29, 0.717) is 22.2 Å². The molecule has 1 aromatic heterocycles. The molecule has 5 nitrogen and oxygen atoms in total. The first-order chi connectivity index (χ1) is 15.1. The molecule has 4 aromatic rings. The normalized spacial score (nSPS) is 15.5. The largest absolute Gasteiger partial charge is 0.457 e. The monoisotopic (exact) mass is 429 g/mol. The van der Waals surface area contributed by atoms with Crippen LogP contribution in [0.4, 0.5) is 5.95 Å². The van der Waals surface area contributed by atoms with Gasteiger partial charge in [-0.25, -0.2) is 9.78 Å². The second-order valence-electron chi connectivity index (χ2n) is 7.48. The van der Waals surface area contributed by atoms with Crippen LogP contribution >= 0.6 is 11.6 Å². The molecule has 0 bridgehead atoms. The molecule has 1 N–H and O–H groups in total. The molecule has 1 atom stereocenters. The molecule has 0 fully saturated rings. The fourth-order valence-corrected chi connectivity index (χ4v) is 4.22. The van der Waals surface area contributed by atoms with Crippen LogP contribution in [0, 0.1) is 0 Å². The van der Waals surface area contributed by atoms with Crippen LogP contribution in [0.25, 0.3) is 11.0 Å². The molecule has 0 saturated heterocycles. The van der Waals surface area contributed by atoms with Gasteiger partial charge in [-0.05, 0) is 42.3 Å². The van der Waals surface area contributed by atoms with Gasteiger partial charge < -0.3 is 10.1 Å². The van der Waals surface area contributed by atoms with Crippen molar-refractivity contribution in [3.63, 3.8) is 0 Å². The summed E-state index contributed by atoms with van der Waals surface area (Å²) in [6, 6.07) is 24.7. The Bertz CT molecular complexity index is 1310. The Morgan fingerprint density at radius 2 is 1.84 bits per heavy atom. The van der Waals surface area contributed by atoms with Crippen LogP contribution in [0.2, 0.25) is 5.02 Å². The number of hydrogen-bond donors (Lipinski definition) is 1. The average molecular weight is 430 g/mol. The lowest BCUT2D eigenvalue weighted by Gasteiger charge is -2.30. The highest BCUT2D eigenvalue weighted by Gasteiger charge is 2.35. The molecule has 0 aliphatic carbocycles. The van der Waals surface area contributed by atoms with Crippen LogP contribution in [0.3, 0.4) is 0 Å². The molecule has 31 heavy (non-hydrogen) atoms. The molecule has 3 aromatic carbocycles. The summed E-state index contributed by atoms with van der Waals surface area (Å²) in [7, 11) is 0. The zero-order chi connectivity index (χ0) is 21.4. The van der Waals surface area contributed by atoms with Crippen LogP contribution in [0.15, 0.2) is 90.1 Å². The smallest absolute Gasteiger partial charge is 0.338 e. The van der Waals surface area contributed by atoms with Gasteiger partial charge in [-0.2, -0.15) is 0 Å². The van der Waals surface area contributed by atoms with Crippen molar-refractivity contribution in [3.8, 4) is 0 Å². The third-order valence-electron chi connectivity index (χ3n) is 5.43. The van der Waals surface area contributed by atoms with Gasteiger partial charge in [-0.3, -0.25) is 4.57 Å². The van der Waals surface area contributed by atoms with Gasteiger partial charge in [0.1, 0.15) is 6.61 Å². The van der Waals surface area contributed by atoms with E-state index in [2.05, 4.69) is 5.32 Å². The van der Waals surface area contributed by atoms with E-state index >= 15 is 0 Å². The van der Waals surface area contributed by atoms with E-state index in [1.807, 2.05) is 90.4 Å². The van der Waals surface area contributed by atoms with Crippen molar-refractivity contribution >= 4 is 34.6 Å². The van der Waals surface area contributed by atoms with Crippen molar-refractivity contribution < 1.29 is 9.53 Å². The number of esters is 1. The van der Waals surface area contributed by atoms with E-state index in [1.165, 1.54) is 0 Å². The lowest BCUT2D eigenvalue weighted by Crippen LogP contribution is -2.29. The molecule has 154 valence electrons. The number of fused-ring (bicyclic) bond motifs is 3. The highest BCUT2D eigenvalue weighted by molar-refractivity contribution is 6.30. The Balaban J connectivity index is 1.61. The minimum Gasteiger partial charge on any atom is -0.457 e. The lowest BCUT2D eigenvalue weighted by molar-refractivity contribution is -0.140. The molecular weight excluding hydrogens is 410 g/mol. The number of anilines is 1. The predicted molar refractivity (Wildman–Crippen MR) is 122 cm³/mol. The number of ether oxygens (including phenoxy) is 1. The summed E-state index contributed by atoms with van der Waals surface area (Å²) in [5.74, 6) is 0.311. The number of nitrogens with one attached hydrogen (secondary N) is 1. The van der Waals surface area contributed by atoms with E-state index in [-0.39, 0.29) is 12.6 Å². The summed E-state index contributed by atoms with van der Waals surface area (Å²) in [4.78, 5) is 18.1. The van der Waals surface area contributed by atoms with E-state index in [0.717, 1.165) is 22.2 Å². The number of benzene rings is 3. The summed E-state index contributed by atoms with van der Waals surface area (Å²) in [6.45, 7) is 2.08. The van der Waals surface area contributed by atoms with E-state index < -0.39 is 6.04 Å². The number of hydrogen-bond acceptors (Lipinski definition) is 4. The minimum atomic E-state index is -0.411. The van der Waals surface area contributed by atoms with Gasteiger partial charge in [-0.15, -0.1) is 0 Å². The van der Waals surface area contributed by atoms with Crippen molar-refractivity contribution in [1.82, 2.24) is 9.55 Å². The SMILES string of the molecule is CC1=C(C(=O)OCc2ccccc2)[C@H](c2cccc(Cl)c2)n2c(nc3ccccc32)N1. The highest BCUT2D eigenvalue weighted by Crippen LogP contribution is 2.40. The molecule has 0 spiro atoms. The summed E-state index contributed by atoms with van der Waals surface area (Å²) in [5, 5.41) is 3.90. The van der Waals surface area contributed by atoms with Crippen molar-refractivity contribution in [2.45, 2.75) is 19.6 Å². The summed E-state index contributed by atoms with van der Waals surface area (Å²) in [6.07, 6.45) is 0. The number of rotatable bonds is 4. The predicted octanol–water partition coefficient (Wildman–Crippen LogP) is 5.72. The van der Waals surface area contributed by atoms with Crippen LogP contribution in [0.5, 0.6) is 0 Å². The third-order valence-corrected chi connectivity index (χ3v) is 5.66. The molecule has 5 rings (SSSR count). The maximum absolute atomic E-state index is 13.3. The number of allylic oxidation sites excluding steroid dienone is 1. The average Bonchev–Trinajstić information content (AvgIpc) is 3.15. The van der Waals surface area contributed by atoms with Gasteiger partial charge in [-0.1, -0.05) is 66.2 Å². The van der Waals surface area contributed by atoms with E-state index in [4.69, 9.17) is 21.3 Å². The first-order valence-corrected chi connectivity index (χ1v) is 10.4. The van der Waals surface area contributed by atoms with E-state index in [1.54, 1.807) is 0 Å². The van der Waals surface area contributed by atoms with Gasteiger partial charge in [0, 0.05) is 10.7 Å². The van der Waals surface area contributed by atoms with Gasteiger partial charge in [0.05, 0.1) is 22.6 Å². The number of para-hydroxylation sites is 2. The van der Waals surface area contributed by atoms with Crippen molar-refractivity contribution in [3.05, 3.63) is 106 Å². The molecular formula is C25H20ClN3O2. The summed E-state index contributed by atoms with van der Waals surface area (Å²) < 4.78 is 7.75. The third kappa shape index (κ3) is 3.57. The van der Waals surface area contributed by atoms with Crippen LogP contribution in [-0.4, -0.2) is 15.5 Å². The zero-order valence-corrected chi connectivity index (χ0v) is 17.6. The first-order valence-electron chi connectivity index (χ1n) is 10.0. The summed E-state index contributed by atoms with van der Waals surface area (Å²) in [5.41, 5.74) is 4.86. The number of halogens is 1. The number of nitrogens with zero attached hydrogens (tertiary/aromatic N) is 2. The fourth-order valence-electron chi connectivity index (χ4n) is 4.02. The quantitative estimate of drug-likeness (QED) is 0.421. The van der Waals surface area contributed by atoms with Gasteiger partial charge in [0.2, 0.25) is 5.95 Å². The second-order valence-corrected chi connectivity index (χ2v) is 7.91. The molecule has 2 heterocycles. The Labute approximate surface area is 184 Å². The Morgan fingerprint density at radius 3 is 2.65 bits per heavy atom. The van der Waals surface area contributed by atoms with Crippen molar-refractivity contribution in [2.24, 2.45) is 0 Å². The lowest BCUT2D eigenvalue weighted by atomic mass is 9.95. The number of carbonyl (C=O) groups excluding carboxylic acids is 1. The molecule has 1 aliphatic heterocycles.